The molecule has 0 unspecified atom stereocenters. The maximum atomic E-state index is 12.5. The van der Waals surface area contributed by atoms with Gasteiger partial charge in [0.25, 0.3) is 5.91 Å². The molecule has 31 heavy (non-hydrogen) atoms. The van der Waals surface area contributed by atoms with Crippen LogP contribution < -0.4 is 10.6 Å². The maximum absolute atomic E-state index is 12.5. The number of carbonyl (C=O) groups excluding carboxylic acids is 2. The number of thioether (sulfide) groups is 1. The highest BCUT2D eigenvalue weighted by molar-refractivity contribution is 7.99. The largest absolute Gasteiger partial charge is 0.342 e. The summed E-state index contributed by atoms with van der Waals surface area (Å²) in [6, 6.07) is 12.4. The quantitative estimate of drug-likeness (QED) is 0.516. The van der Waals surface area contributed by atoms with Crippen LogP contribution in [0.4, 0.5) is 5.69 Å². The minimum absolute atomic E-state index is 0.166. The molecule has 9 heteroatoms. The van der Waals surface area contributed by atoms with Crippen LogP contribution in [0, 0.1) is 13.8 Å². The summed E-state index contributed by atoms with van der Waals surface area (Å²) in [5.41, 5.74) is 3.18. The predicted octanol–water partition coefficient (Wildman–Crippen LogP) is 4.31. The topological polar surface area (TPSA) is 88.9 Å². The second-order valence-electron chi connectivity index (χ2n) is 7.21. The molecule has 1 aromatic heterocycles. The lowest BCUT2D eigenvalue weighted by atomic mass is 10.1. The lowest BCUT2D eigenvalue weighted by Gasteiger charge is -2.14. The summed E-state index contributed by atoms with van der Waals surface area (Å²) < 4.78 is 1.78. The van der Waals surface area contributed by atoms with E-state index in [1.165, 1.54) is 11.8 Å². The fourth-order valence-corrected chi connectivity index (χ4v) is 3.83. The van der Waals surface area contributed by atoms with Crippen molar-refractivity contribution in [3.05, 3.63) is 70.0 Å². The molecule has 0 aliphatic carbocycles. The molecule has 2 aromatic carbocycles. The molecule has 1 heterocycles. The van der Waals surface area contributed by atoms with Crippen molar-refractivity contribution in [2.45, 2.75) is 32.0 Å². The number of nitrogens with zero attached hydrogens (tertiary/aromatic N) is 3. The van der Waals surface area contributed by atoms with E-state index in [-0.39, 0.29) is 23.6 Å². The summed E-state index contributed by atoms with van der Waals surface area (Å²) in [5, 5.41) is 15.3. The lowest BCUT2D eigenvalue weighted by Crippen LogP contribution is -2.28. The number of amides is 2. The number of carbonyl (C=O) groups is 2. The summed E-state index contributed by atoms with van der Waals surface area (Å²) in [5.74, 6) is 0.429. The second-order valence-corrected chi connectivity index (χ2v) is 8.56. The molecule has 2 N–H and O–H groups in total. The number of hydrogen-bond donors (Lipinski definition) is 2. The Kier molecular flexibility index (Phi) is 7.35. The lowest BCUT2D eigenvalue weighted by molar-refractivity contribution is -0.113. The first-order chi connectivity index (χ1) is 14.8. The van der Waals surface area contributed by atoms with Crippen LogP contribution in [0.25, 0.3) is 0 Å². The number of halogens is 1. The number of rotatable bonds is 7. The number of aryl methyl sites for hydroxylation is 1. The van der Waals surface area contributed by atoms with E-state index in [4.69, 9.17) is 11.6 Å². The van der Waals surface area contributed by atoms with Crippen LogP contribution in [-0.2, 0) is 11.8 Å². The molecular weight excluding hydrogens is 434 g/mol. The third kappa shape index (κ3) is 5.65. The zero-order valence-electron chi connectivity index (χ0n) is 17.8. The van der Waals surface area contributed by atoms with Crippen molar-refractivity contribution < 1.29 is 9.59 Å². The molecule has 0 saturated carbocycles. The Morgan fingerprint density at radius 2 is 1.84 bits per heavy atom. The number of aromatic nitrogens is 3. The number of hydrogen-bond acceptors (Lipinski definition) is 5. The molecule has 0 aliphatic heterocycles. The normalized spacial score (nSPS) is 11.8. The Balaban J connectivity index is 1.59. The molecule has 162 valence electrons. The molecule has 3 aromatic rings. The number of benzene rings is 2. The molecule has 2 amide bonds. The minimum atomic E-state index is -0.344. The standard InChI is InChI=1S/C22H24ClN5O2S/c1-13-8-10-16(11-9-13)21(30)24-15(3)20-26-27-22(28(20)4)31-12-19(29)25-18-7-5-6-17(23)14(18)2/h5-11,15H,12H2,1-4H3,(H,24,30)(H,25,29)/t15-/m0/s1. The number of nitrogens with one attached hydrogen (secondary N) is 2. The zero-order valence-corrected chi connectivity index (χ0v) is 19.3. The van der Waals surface area contributed by atoms with Gasteiger partial charge in [0.2, 0.25) is 5.91 Å². The summed E-state index contributed by atoms with van der Waals surface area (Å²) in [4.78, 5) is 24.8. The third-order valence-corrected chi connectivity index (χ3v) is 6.22. The van der Waals surface area contributed by atoms with Gasteiger partial charge >= 0.3 is 0 Å². The van der Waals surface area contributed by atoms with Crippen molar-refractivity contribution >= 4 is 40.9 Å². The van der Waals surface area contributed by atoms with Crippen molar-refractivity contribution in [3.8, 4) is 0 Å². The summed E-state index contributed by atoms with van der Waals surface area (Å²) in [6.45, 7) is 5.67. The van der Waals surface area contributed by atoms with Gasteiger partial charge in [-0.25, -0.2) is 0 Å². The van der Waals surface area contributed by atoms with E-state index in [0.29, 0.717) is 27.3 Å². The molecule has 0 aliphatic rings. The highest BCUT2D eigenvalue weighted by atomic mass is 35.5. The van der Waals surface area contributed by atoms with Crippen molar-refractivity contribution in [1.29, 1.82) is 0 Å². The van der Waals surface area contributed by atoms with Crippen molar-refractivity contribution in [2.75, 3.05) is 11.1 Å². The molecule has 0 fully saturated rings. The molecule has 3 rings (SSSR count). The van der Waals surface area contributed by atoms with E-state index in [0.717, 1.165) is 11.1 Å². The Bertz CT molecular complexity index is 1100. The summed E-state index contributed by atoms with van der Waals surface area (Å²) in [6.07, 6.45) is 0. The van der Waals surface area contributed by atoms with Crippen LogP contribution in [0.2, 0.25) is 5.02 Å². The summed E-state index contributed by atoms with van der Waals surface area (Å²) >= 11 is 7.37. The second kappa shape index (κ2) is 9.98. The van der Waals surface area contributed by atoms with E-state index < -0.39 is 0 Å². The molecule has 1 atom stereocenters. The van der Waals surface area contributed by atoms with Crippen LogP contribution in [0.3, 0.4) is 0 Å². The van der Waals surface area contributed by atoms with Gasteiger partial charge < -0.3 is 15.2 Å². The average Bonchev–Trinajstić information content (AvgIpc) is 3.11. The highest BCUT2D eigenvalue weighted by Gasteiger charge is 2.19. The highest BCUT2D eigenvalue weighted by Crippen LogP contribution is 2.24. The first kappa shape index (κ1) is 22.8. The first-order valence-corrected chi connectivity index (χ1v) is 11.1. The molecule has 0 saturated heterocycles. The van der Waals surface area contributed by atoms with E-state index in [1.807, 2.05) is 46.0 Å². The fraction of sp³-hybridized carbons (Fsp3) is 0.273. The van der Waals surface area contributed by atoms with E-state index in [9.17, 15) is 9.59 Å². The van der Waals surface area contributed by atoms with E-state index in [2.05, 4.69) is 20.8 Å². The predicted molar refractivity (Wildman–Crippen MR) is 124 cm³/mol. The summed E-state index contributed by atoms with van der Waals surface area (Å²) in [7, 11) is 1.81. The molecule has 0 bridgehead atoms. The maximum Gasteiger partial charge on any atom is 0.251 e. The van der Waals surface area contributed by atoms with Gasteiger partial charge in [0.15, 0.2) is 11.0 Å². The van der Waals surface area contributed by atoms with E-state index in [1.54, 1.807) is 28.8 Å². The monoisotopic (exact) mass is 457 g/mol. The Hall–Kier alpha value is -2.84. The molecule has 0 radical (unpaired) electrons. The van der Waals surface area contributed by atoms with Crippen molar-refractivity contribution in [2.24, 2.45) is 7.05 Å². The van der Waals surface area contributed by atoms with Crippen LogP contribution in [0.5, 0.6) is 0 Å². The Morgan fingerprint density at radius 3 is 2.55 bits per heavy atom. The molecular formula is C22H24ClN5O2S. The average molecular weight is 458 g/mol. The van der Waals surface area contributed by atoms with Gasteiger partial charge in [-0.1, -0.05) is 47.1 Å². The van der Waals surface area contributed by atoms with Gasteiger partial charge in [0.05, 0.1) is 11.8 Å². The minimum Gasteiger partial charge on any atom is -0.342 e. The zero-order chi connectivity index (χ0) is 22.5. The SMILES string of the molecule is Cc1ccc(C(=O)N[C@@H](C)c2nnc(SCC(=O)Nc3cccc(Cl)c3C)n2C)cc1. The van der Waals surface area contributed by atoms with Crippen LogP contribution >= 0.6 is 23.4 Å². The first-order valence-electron chi connectivity index (χ1n) is 9.71. The fourth-order valence-electron chi connectivity index (χ4n) is 2.94. The van der Waals surface area contributed by atoms with Gasteiger partial charge in [-0.15, -0.1) is 10.2 Å². The van der Waals surface area contributed by atoms with Gasteiger partial charge in [0, 0.05) is 23.3 Å². The molecule has 0 spiro atoms. The van der Waals surface area contributed by atoms with Gasteiger partial charge in [-0.05, 0) is 50.6 Å². The Labute approximate surface area is 190 Å². The van der Waals surface area contributed by atoms with Gasteiger partial charge in [0.1, 0.15) is 0 Å². The van der Waals surface area contributed by atoms with E-state index >= 15 is 0 Å². The van der Waals surface area contributed by atoms with Crippen LogP contribution in [0.15, 0.2) is 47.6 Å². The van der Waals surface area contributed by atoms with Crippen LogP contribution in [0.1, 0.15) is 40.3 Å². The van der Waals surface area contributed by atoms with Crippen LogP contribution in [-0.4, -0.2) is 32.3 Å². The Morgan fingerprint density at radius 1 is 1.13 bits per heavy atom. The third-order valence-electron chi connectivity index (χ3n) is 4.79. The molecule has 7 nitrogen and oxygen atoms in total. The van der Waals surface area contributed by atoms with Crippen molar-refractivity contribution in [3.63, 3.8) is 0 Å². The van der Waals surface area contributed by atoms with Gasteiger partial charge in [-0.3, -0.25) is 9.59 Å². The van der Waals surface area contributed by atoms with Crippen molar-refractivity contribution in [1.82, 2.24) is 20.1 Å². The number of anilines is 1. The van der Waals surface area contributed by atoms with Gasteiger partial charge in [-0.2, -0.15) is 0 Å². The smallest absolute Gasteiger partial charge is 0.251 e.